The monoisotopic (exact) mass is 298 g/mol. The van der Waals surface area contributed by atoms with Gasteiger partial charge in [0, 0.05) is 19.1 Å². The molecule has 1 aliphatic carbocycles. The highest BCUT2D eigenvalue weighted by Gasteiger charge is 2.48. The second kappa shape index (κ2) is 6.22. The number of amides is 2. The molecular weight excluding hydrogens is 272 g/mol. The quantitative estimate of drug-likeness (QED) is 0.735. The SMILES string of the molecule is CC(C)C1(C(=O)O)CCN(C(=O)NC2CCC(O)CC2)C1. The van der Waals surface area contributed by atoms with Gasteiger partial charge in [0.1, 0.15) is 0 Å². The maximum Gasteiger partial charge on any atom is 0.317 e. The van der Waals surface area contributed by atoms with Gasteiger partial charge in [0.25, 0.3) is 0 Å². The van der Waals surface area contributed by atoms with Gasteiger partial charge < -0.3 is 20.4 Å². The van der Waals surface area contributed by atoms with E-state index in [0.717, 1.165) is 25.7 Å². The van der Waals surface area contributed by atoms with Crippen LogP contribution in [0.4, 0.5) is 4.79 Å². The van der Waals surface area contributed by atoms with E-state index in [4.69, 9.17) is 0 Å². The van der Waals surface area contributed by atoms with E-state index in [9.17, 15) is 19.8 Å². The van der Waals surface area contributed by atoms with Gasteiger partial charge in [0.15, 0.2) is 0 Å². The second-order valence-electron chi connectivity index (χ2n) is 6.74. The van der Waals surface area contributed by atoms with Crippen molar-refractivity contribution in [3.8, 4) is 0 Å². The minimum atomic E-state index is -0.819. The number of nitrogens with one attached hydrogen (secondary N) is 1. The topological polar surface area (TPSA) is 89.9 Å². The first-order chi connectivity index (χ1) is 9.85. The molecule has 0 bridgehead atoms. The Kier molecular flexibility index (Phi) is 4.76. The van der Waals surface area contributed by atoms with E-state index in [1.807, 2.05) is 13.8 Å². The highest BCUT2D eigenvalue weighted by atomic mass is 16.4. The molecule has 2 aliphatic rings. The first-order valence-corrected chi connectivity index (χ1v) is 7.82. The summed E-state index contributed by atoms with van der Waals surface area (Å²) in [6.07, 6.45) is 3.28. The summed E-state index contributed by atoms with van der Waals surface area (Å²) in [5, 5.41) is 22.0. The Morgan fingerprint density at radius 1 is 1.24 bits per heavy atom. The average molecular weight is 298 g/mol. The zero-order valence-corrected chi connectivity index (χ0v) is 12.8. The van der Waals surface area contributed by atoms with E-state index in [1.54, 1.807) is 4.90 Å². The minimum absolute atomic E-state index is 0.00220. The molecule has 120 valence electrons. The molecule has 2 fully saturated rings. The summed E-state index contributed by atoms with van der Waals surface area (Å²) in [7, 11) is 0. The third-order valence-corrected chi connectivity index (χ3v) is 5.14. The van der Waals surface area contributed by atoms with Crippen LogP contribution in [-0.4, -0.2) is 52.3 Å². The largest absolute Gasteiger partial charge is 0.481 e. The van der Waals surface area contributed by atoms with Crippen LogP contribution < -0.4 is 5.32 Å². The fourth-order valence-electron chi connectivity index (χ4n) is 3.39. The van der Waals surface area contributed by atoms with Crippen LogP contribution in [0.1, 0.15) is 46.0 Å². The van der Waals surface area contributed by atoms with Crippen LogP contribution in [0.5, 0.6) is 0 Å². The fraction of sp³-hybridized carbons (Fsp3) is 0.867. The third kappa shape index (κ3) is 3.31. The Hall–Kier alpha value is -1.30. The van der Waals surface area contributed by atoms with Crippen LogP contribution in [0.2, 0.25) is 0 Å². The van der Waals surface area contributed by atoms with Crippen LogP contribution in [0.25, 0.3) is 0 Å². The Morgan fingerprint density at radius 2 is 1.86 bits per heavy atom. The smallest absolute Gasteiger partial charge is 0.317 e. The number of carbonyl (C=O) groups excluding carboxylic acids is 1. The lowest BCUT2D eigenvalue weighted by molar-refractivity contribution is -0.150. The van der Waals surface area contributed by atoms with Crippen LogP contribution in [0.3, 0.4) is 0 Å². The van der Waals surface area contributed by atoms with Crippen molar-refractivity contribution in [1.82, 2.24) is 10.2 Å². The number of carboxylic acids is 1. The maximum absolute atomic E-state index is 12.3. The number of carbonyl (C=O) groups is 2. The molecule has 2 rings (SSSR count). The summed E-state index contributed by atoms with van der Waals surface area (Å²) < 4.78 is 0. The molecule has 0 radical (unpaired) electrons. The van der Waals surface area contributed by atoms with E-state index in [2.05, 4.69) is 5.32 Å². The fourth-order valence-corrected chi connectivity index (χ4v) is 3.39. The molecule has 1 atom stereocenters. The van der Waals surface area contributed by atoms with Gasteiger partial charge >= 0.3 is 12.0 Å². The number of aliphatic carboxylic acids is 1. The third-order valence-electron chi connectivity index (χ3n) is 5.14. The summed E-state index contributed by atoms with van der Waals surface area (Å²) in [5.41, 5.74) is -0.819. The highest BCUT2D eigenvalue weighted by molar-refractivity contribution is 5.80. The van der Waals surface area contributed by atoms with Crippen molar-refractivity contribution in [2.24, 2.45) is 11.3 Å². The van der Waals surface area contributed by atoms with Crippen LogP contribution >= 0.6 is 0 Å². The first kappa shape index (κ1) is 16.1. The van der Waals surface area contributed by atoms with Crippen LogP contribution in [0, 0.1) is 11.3 Å². The van der Waals surface area contributed by atoms with Crippen molar-refractivity contribution in [3.05, 3.63) is 0 Å². The van der Waals surface area contributed by atoms with Crippen molar-refractivity contribution in [1.29, 1.82) is 0 Å². The Morgan fingerprint density at radius 3 is 2.33 bits per heavy atom. The molecule has 6 nitrogen and oxygen atoms in total. The lowest BCUT2D eigenvalue weighted by Crippen LogP contribution is -2.47. The number of nitrogens with zero attached hydrogens (tertiary/aromatic N) is 1. The van der Waals surface area contributed by atoms with Crippen LogP contribution in [-0.2, 0) is 4.79 Å². The number of aliphatic hydroxyl groups excluding tert-OH is 1. The molecule has 1 unspecified atom stereocenters. The second-order valence-corrected chi connectivity index (χ2v) is 6.74. The number of likely N-dealkylation sites (tertiary alicyclic amines) is 1. The number of urea groups is 1. The van der Waals surface area contributed by atoms with Crippen molar-refractivity contribution in [3.63, 3.8) is 0 Å². The molecule has 0 aromatic rings. The molecule has 1 saturated heterocycles. The summed E-state index contributed by atoms with van der Waals surface area (Å²) in [4.78, 5) is 25.5. The van der Waals surface area contributed by atoms with Crippen LogP contribution in [0.15, 0.2) is 0 Å². The summed E-state index contributed by atoms with van der Waals surface area (Å²) in [6, 6.07) is -0.0695. The Labute approximate surface area is 125 Å². The van der Waals surface area contributed by atoms with Gasteiger partial charge in [0.05, 0.1) is 11.5 Å². The van der Waals surface area contributed by atoms with Crippen molar-refractivity contribution in [2.45, 2.75) is 58.1 Å². The molecule has 1 aliphatic heterocycles. The summed E-state index contributed by atoms with van der Waals surface area (Å²) >= 11 is 0. The zero-order chi connectivity index (χ0) is 15.6. The van der Waals surface area contributed by atoms with E-state index in [0.29, 0.717) is 13.0 Å². The molecule has 3 N–H and O–H groups in total. The number of rotatable bonds is 3. The van der Waals surface area contributed by atoms with E-state index in [1.165, 1.54) is 0 Å². The van der Waals surface area contributed by atoms with Crippen molar-refractivity contribution < 1.29 is 19.8 Å². The molecular formula is C15H26N2O4. The van der Waals surface area contributed by atoms with Gasteiger partial charge in [-0.3, -0.25) is 4.79 Å². The molecule has 21 heavy (non-hydrogen) atoms. The van der Waals surface area contributed by atoms with Gasteiger partial charge in [-0.1, -0.05) is 13.8 Å². The molecule has 0 aromatic carbocycles. The van der Waals surface area contributed by atoms with Crippen molar-refractivity contribution >= 4 is 12.0 Å². The van der Waals surface area contributed by atoms with Gasteiger partial charge in [-0.25, -0.2) is 4.79 Å². The lowest BCUT2D eigenvalue weighted by Gasteiger charge is -2.30. The van der Waals surface area contributed by atoms with E-state index in [-0.39, 0.29) is 30.6 Å². The number of hydrogen-bond donors (Lipinski definition) is 3. The van der Waals surface area contributed by atoms with Gasteiger partial charge in [-0.2, -0.15) is 0 Å². The van der Waals surface area contributed by atoms with E-state index < -0.39 is 11.4 Å². The summed E-state index contributed by atoms with van der Waals surface area (Å²) in [6.45, 7) is 4.57. The lowest BCUT2D eigenvalue weighted by atomic mass is 9.76. The van der Waals surface area contributed by atoms with E-state index >= 15 is 0 Å². The molecule has 6 heteroatoms. The number of aliphatic hydroxyl groups is 1. The summed E-state index contributed by atoms with van der Waals surface area (Å²) in [5.74, 6) is -0.814. The van der Waals surface area contributed by atoms with Crippen molar-refractivity contribution in [2.75, 3.05) is 13.1 Å². The number of hydrogen-bond acceptors (Lipinski definition) is 3. The molecule has 0 aromatic heterocycles. The maximum atomic E-state index is 12.3. The standard InChI is InChI=1S/C15H26N2O4/c1-10(2)15(13(19)20)7-8-17(9-15)14(21)16-11-3-5-12(18)6-4-11/h10-12,18H,3-9H2,1-2H3,(H,16,21)(H,19,20). The first-order valence-electron chi connectivity index (χ1n) is 7.82. The molecule has 0 spiro atoms. The molecule has 1 heterocycles. The minimum Gasteiger partial charge on any atom is -0.481 e. The normalized spacial score (nSPS) is 33.2. The highest BCUT2D eigenvalue weighted by Crippen LogP contribution is 2.38. The van der Waals surface area contributed by atoms with Gasteiger partial charge in [-0.05, 0) is 38.0 Å². The Balaban J connectivity index is 1.91. The van der Waals surface area contributed by atoms with Gasteiger partial charge in [-0.15, -0.1) is 0 Å². The predicted molar refractivity (Wildman–Crippen MR) is 77.9 cm³/mol. The average Bonchev–Trinajstić information content (AvgIpc) is 2.88. The molecule has 1 saturated carbocycles. The number of carboxylic acid groups (broad SMARTS) is 1. The Bertz CT molecular complexity index is 404. The molecule has 2 amide bonds. The zero-order valence-electron chi connectivity index (χ0n) is 12.8. The van der Waals surface area contributed by atoms with Gasteiger partial charge in [0.2, 0.25) is 0 Å². The predicted octanol–water partition coefficient (Wildman–Crippen LogP) is 1.43.